The SMILES string of the molecule is CCc1ccc(C(=O)N2CCN(C(=O)c3oc4c(F)cccc4c3C)CC2)cc1. The van der Waals surface area contributed by atoms with E-state index in [9.17, 15) is 14.0 Å². The maximum absolute atomic E-state index is 14.0. The lowest BCUT2D eigenvalue weighted by Gasteiger charge is -2.34. The van der Waals surface area contributed by atoms with Crippen molar-refractivity contribution in [2.45, 2.75) is 20.3 Å². The number of furan rings is 1. The highest BCUT2D eigenvalue weighted by Crippen LogP contribution is 2.28. The van der Waals surface area contributed by atoms with Gasteiger partial charge in [-0.1, -0.05) is 31.2 Å². The minimum Gasteiger partial charge on any atom is -0.448 e. The second-order valence-corrected chi connectivity index (χ2v) is 7.31. The molecular formula is C23H23FN2O3. The van der Waals surface area contributed by atoms with Gasteiger partial charge in [-0.3, -0.25) is 9.59 Å². The van der Waals surface area contributed by atoms with Gasteiger partial charge in [0.2, 0.25) is 0 Å². The Hall–Kier alpha value is -3.15. The standard InChI is InChI=1S/C23H23FN2O3/c1-3-16-7-9-17(10-8-16)22(27)25-11-13-26(14-12-25)23(28)20-15(2)18-5-4-6-19(24)21(18)29-20/h4-10H,3,11-14H2,1-2H3. The van der Waals surface area contributed by atoms with Crippen LogP contribution < -0.4 is 0 Å². The van der Waals surface area contributed by atoms with Gasteiger partial charge < -0.3 is 14.2 Å². The molecule has 3 aromatic rings. The van der Waals surface area contributed by atoms with Gasteiger partial charge in [0.25, 0.3) is 11.8 Å². The Morgan fingerprint density at radius 2 is 1.59 bits per heavy atom. The van der Waals surface area contributed by atoms with E-state index in [1.54, 1.807) is 28.9 Å². The molecule has 0 N–H and O–H groups in total. The van der Waals surface area contributed by atoms with Gasteiger partial charge in [-0.2, -0.15) is 0 Å². The molecule has 4 rings (SSSR count). The van der Waals surface area contributed by atoms with Crippen molar-refractivity contribution < 1.29 is 18.4 Å². The van der Waals surface area contributed by atoms with Crippen molar-refractivity contribution in [3.63, 3.8) is 0 Å². The van der Waals surface area contributed by atoms with Gasteiger partial charge in [-0.05, 0) is 37.1 Å². The van der Waals surface area contributed by atoms with Crippen molar-refractivity contribution in [2.24, 2.45) is 0 Å². The maximum Gasteiger partial charge on any atom is 0.290 e. The number of piperazine rings is 1. The maximum atomic E-state index is 14.0. The lowest BCUT2D eigenvalue weighted by atomic mass is 10.1. The summed E-state index contributed by atoms with van der Waals surface area (Å²) < 4.78 is 19.5. The second kappa shape index (κ2) is 7.70. The van der Waals surface area contributed by atoms with E-state index in [4.69, 9.17) is 4.42 Å². The molecule has 2 heterocycles. The van der Waals surface area contributed by atoms with Gasteiger partial charge in [0.1, 0.15) is 0 Å². The van der Waals surface area contributed by atoms with Crippen molar-refractivity contribution in [1.29, 1.82) is 0 Å². The fourth-order valence-corrected chi connectivity index (χ4v) is 3.73. The molecule has 0 saturated carbocycles. The van der Waals surface area contributed by atoms with Crippen molar-refractivity contribution in [3.05, 3.63) is 70.7 Å². The van der Waals surface area contributed by atoms with Crippen LogP contribution in [0.3, 0.4) is 0 Å². The Balaban J connectivity index is 1.45. The molecule has 5 nitrogen and oxygen atoms in total. The quantitative estimate of drug-likeness (QED) is 0.674. The highest BCUT2D eigenvalue weighted by Gasteiger charge is 2.29. The number of para-hydroxylation sites is 1. The Labute approximate surface area is 168 Å². The molecule has 1 fully saturated rings. The number of benzene rings is 2. The largest absolute Gasteiger partial charge is 0.448 e. The van der Waals surface area contributed by atoms with Gasteiger partial charge in [0, 0.05) is 42.7 Å². The van der Waals surface area contributed by atoms with Crippen LogP contribution in [0.4, 0.5) is 4.39 Å². The Kier molecular flexibility index (Phi) is 5.09. The van der Waals surface area contributed by atoms with Crippen LogP contribution in [0.15, 0.2) is 46.9 Å². The minimum atomic E-state index is -0.478. The fraction of sp³-hybridized carbons (Fsp3) is 0.304. The molecule has 0 unspecified atom stereocenters. The average molecular weight is 394 g/mol. The van der Waals surface area contributed by atoms with Crippen molar-refractivity contribution >= 4 is 22.8 Å². The number of halogens is 1. The molecule has 0 radical (unpaired) electrons. The first-order valence-electron chi connectivity index (χ1n) is 9.84. The van der Waals surface area contributed by atoms with Crippen LogP contribution in [0, 0.1) is 12.7 Å². The number of hydrogen-bond acceptors (Lipinski definition) is 3. The van der Waals surface area contributed by atoms with E-state index in [0.29, 0.717) is 42.7 Å². The van der Waals surface area contributed by atoms with Crippen LogP contribution in [0.5, 0.6) is 0 Å². The number of fused-ring (bicyclic) bond motifs is 1. The van der Waals surface area contributed by atoms with E-state index in [1.807, 2.05) is 24.3 Å². The van der Waals surface area contributed by atoms with E-state index in [-0.39, 0.29) is 23.2 Å². The molecular weight excluding hydrogens is 371 g/mol. The normalized spacial score (nSPS) is 14.4. The summed E-state index contributed by atoms with van der Waals surface area (Å²) in [5, 5.41) is 0.609. The van der Waals surface area contributed by atoms with Gasteiger partial charge in [-0.15, -0.1) is 0 Å². The number of rotatable bonds is 3. The number of nitrogens with zero attached hydrogens (tertiary/aromatic N) is 2. The Morgan fingerprint density at radius 3 is 2.17 bits per heavy atom. The minimum absolute atomic E-state index is 0.0262. The predicted octanol–water partition coefficient (Wildman–Crippen LogP) is 4.04. The second-order valence-electron chi connectivity index (χ2n) is 7.31. The third kappa shape index (κ3) is 3.50. The molecule has 2 amide bonds. The third-order valence-corrected chi connectivity index (χ3v) is 5.57. The molecule has 0 atom stereocenters. The zero-order chi connectivity index (χ0) is 20.5. The summed E-state index contributed by atoms with van der Waals surface area (Å²) in [6.07, 6.45) is 0.931. The van der Waals surface area contributed by atoms with E-state index in [2.05, 4.69) is 6.92 Å². The van der Waals surface area contributed by atoms with Gasteiger partial charge in [0.05, 0.1) is 0 Å². The molecule has 2 aromatic carbocycles. The van der Waals surface area contributed by atoms with Crippen LogP contribution in [-0.2, 0) is 6.42 Å². The van der Waals surface area contributed by atoms with Crippen LogP contribution in [0.1, 0.15) is 39.0 Å². The molecule has 1 aliphatic heterocycles. The molecule has 0 aliphatic carbocycles. The summed E-state index contributed by atoms with van der Waals surface area (Å²) in [7, 11) is 0. The summed E-state index contributed by atoms with van der Waals surface area (Å²) in [6, 6.07) is 12.3. The first kappa shape index (κ1) is 19.2. The lowest BCUT2D eigenvalue weighted by molar-refractivity contribution is 0.0518. The summed E-state index contributed by atoms with van der Waals surface area (Å²) in [5.74, 6) is -0.603. The first-order valence-corrected chi connectivity index (χ1v) is 9.84. The first-order chi connectivity index (χ1) is 14.0. The highest BCUT2D eigenvalue weighted by atomic mass is 19.1. The molecule has 1 aromatic heterocycles. The molecule has 29 heavy (non-hydrogen) atoms. The number of amides is 2. The number of hydrogen-bond donors (Lipinski definition) is 0. The molecule has 150 valence electrons. The summed E-state index contributed by atoms with van der Waals surface area (Å²) in [5.41, 5.74) is 2.59. The average Bonchev–Trinajstić information content (AvgIpc) is 3.11. The Morgan fingerprint density at radius 1 is 0.966 bits per heavy atom. The number of aryl methyl sites for hydroxylation is 2. The van der Waals surface area contributed by atoms with E-state index >= 15 is 0 Å². The molecule has 1 aliphatic rings. The van der Waals surface area contributed by atoms with E-state index in [1.165, 1.54) is 11.6 Å². The molecule has 0 spiro atoms. The highest BCUT2D eigenvalue weighted by molar-refractivity contribution is 5.99. The summed E-state index contributed by atoms with van der Waals surface area (Å²) >= 11 is 0. The number of carbonyl (C=O) groups excluding carboxylic acids is 2. The fourth-order valence-electron chi connectivity index (χ4n) is 3.73. The van der Waals surface area contributed by atoms with Gasteiger partial charge in [-0.25, -0.2) is 4.39 Å². The lowest BCUT2D eigenvalue weighted by Crippen LogP contribution is -2.50. The molecule has 0 bridgehead atoms. The third-order valence-electron chi connectivity index (χ3n) is 5.57. The van der Waals surface area contributed by atoms with Crippen LogP contribution in [0.25, 0.3) is 11.0 Å². The predicted molar refractivity (Wildman–Crippen MR) is 109 cm³/mol. The zero-order valence-electron chi connectivity index (χ0n) is 16.6. The van der Waals surface area contributed by atoms with Gasteiger partial charge in [0.15, 0.2) is 17.2 Å². The topological polar surface area (TPSA) is 53.8 Å². The number of carbonyl (C=O) groups is 2. The summed E-state index contributed by atoms with van der Waals surface area (Å²) in [6.45, 7) is 5.57. The Bertz CT molecular complexity index is 1060. The van der Waals surface area contributed by atoms with Crippen molar-refractivity contribution in [2.75, 3.05) is 26.2 Å². The van der Waals surface area contributed by atoms with E-state index in [0.717, 1.165) is 6.42 Å². The molecule has 6 heteroatoms. The van der Waals surface area contributed by atoms with Crippen LogP contribution in [0.2, 0.25) is 0 Å². The zero-order valence-corrected chi connectivity index (χ0v) is 16.6. The van der Waals surface area contributed by atoms with Crippen molar-refractivity contribution in [3.8, 4) is 0 Å². The molecule has 1 saturated heterocycles. The van der Waals surface area contributed by atoms with Crippen LogP contribution >= 0.6 is 0 Å². The smallest absolute Gasteiger partial charge is 0.290 e. The summed E-state index contributed by atoms with van der Waals surface area (Å²) in [4.78, 5) is 29.1. The monoisotopic (exact) mass is 394 g/mol. The van der Waals surface area contributed by atoms with Gasteiger partial charge >= 0.3 is 0 Å². The van der Waals surface area contributed by atoms with E-state index < -0.39 is 5.82 Å². The van der Waals surface area contributed by atoms with Crippen molar-refractivity contribution in [1.82, 2.24) is 9.80 Å². The van der Waals surface area contributed by atoms with Crippen LogP contribution in [-0.4, -0.2) is 47.8 Å².